The zero-order chi connectivity index (χ0) is 10.6. The molecule has 0 radical (unpaired) electrons. The van der Waals surface area contributed by atoms with Crippen molar-refractivity contribution in [2.45, 2.75) is 24.8 Å². The van der Waals surface area contributed by atoms with Crippen molar-refractivity contribution < 1.29 is 0 Å². The van der Waals surface area contributed by atoms with Crippen LogP contribution in [-0.2, 0) is 12.0 Å². The van der Waals surface area contributed by atoms with Gasteiger partial charge >= 0.3 is 0 Å². The minimum absolute atomic E-state index is 0.382. The van der Waals surface area contributed by atoms with Gasteiger partial charge in [-0.15, -0.1) is 0 Å². The third kappa shape index (κ3) is 0.981. The minimum Gasteiger partial charge on any atom is -0.288 e. The molecule has 0 amide bonds. The molecule has 4 rings (SSSR count). The lowest BCUT2D eigenvalue weighted by Crippen LogP contribution is -2.12. The Kier molecular flexibility index (Phi) is 1.45. The Bertz CT molecular complexity index is 557. The van der Waals surface area contributed by atoms with Crippen molar-refractivity contribution in [1.29, 1.82) is 0 Å². The number of nitrogens with zero attached hydrogens (tertiary/aromatic N) is 1. The number of fused-ring (bicyclic) bond motifs is 1. The Morgan fingerprint density at radius 2 is 2.12 bits per heavy atom. The molecule has 1 spiro atoms. The van der Waals surface area contributed by atoms with Gasteiger partial charge in [0.2, 0.25) is 0 Å². The van der Waals surface area contributed by atoms with Crippen LogP contribution in [-0.4, -0.2) is 6.21 Å². The van der Waals surface area contributed by atoms with E-state index in [1.165, 1.54) is 35.1 Å². The molecule has 3 aliphatic rings. The average Bonchev–Trinajstić information content (AvgIpc) is 3.09. The molecule has 0 saturated heterocycles. The van der Waals surface area contributed by atoms with Crippen LogP contribution in [0, 0.1) is 0 Å². The zero-order valence-electron chi connectivity index (χ0n) is 9.11. The van der Waals surface area contributed by atoms with E-state index in [0.29, 0.717) is 5.41 Å². The molecule has 1 aromatic carbocycles. The highest BCUT2D eigenvalue weighted by molar-refractivity contribution is 5.93. The summed E-state index contributed by atoms with van der Waals surface area (Å²) in [5, 5.41) is 0. The second-order valence-electron chi connectivity index (χ2n) is 4.94. The van der Waals surface area contributed by atoms with Gasteiger partial charge in [0, 0.05) is 11.6 Å². The highest BCUT2D eigenvalue weighted by Gasteiger charge is 2.45. The van der Waals surface area contributed by atoms with Crippen LogP contribution in [0.3, 0.4) is 0 Å². The molecule has 1 aliphatic heterocycles. The van der Waals surface area contributed by atoms with Crippen molar-refractivity contribution >= 4 is 11.8 Å². The quantitative estimate of drug-likeness (QED) is 0.619. The van der Waals surface area contributed by atoms with E-state index in [-0.39, 0.29) is 0 Å². The Morgan fingerprint density at radius 3 is 3.00 bits per heavy atom. The highest BCUT2D eigenvalue weighted by Crippen LogP contribution is 2.54. The first-order valence-electron chi connectivity index (χ1n) is 5.91. The second-order valence-corrected chi connectivity index (χ2v) is 4.94. The molecular weight excluding hydrogens is 194 g/mol. The summed E-state index contributed by atoms with van der Waals surface area (Å²) in [5.74, 6) is 0. The van der Waals surface area contributed by atoms with Crippen molar-refractivity contribution in [3.63, 3.8) is 0 Å². The molecule has 0 aromatic heterocycles. The number of rotatable bonds is 0. The molecule has 1 heteroatoms. The smallest absolute Gasteiger partial charge is 0.0645 e. The van der Waals surface area contributed by atoms with Crippen LogP contribution in [0.4, 0.5) is 0 Å². The monoisotopic (exact) mass is 207 g/mol. The van der Waals surface area contributed by atoms with E-state index < -0.39 is 0 Å². The summed E-state index contributed by atoms with van der Waals surface area (Å²) in [6.07, 6.45) is 11.4. The molecule has 1 nitrogen and oxygen atoms in total. The van der Waals surface area contributed by atoms with E-state index >= 15 is 0 Å². The van der Waals surface area contributed by atoms with Crippen LogP contribution < -0.4 is 0 Å². The second kappa shape index (κ2) is 2.73. The lowest BCUT2D eigenvalue weighted by molar-refractivity contribution is 0.870. The van der Waals surface area contributed by atoms with E-state index in [2.05, 4.69) is 41.4 Å². The number of aliphatic imine (C=N–C) groups is 1. The van der Waals surface area contributed by atoms with Gasteiger partial charge in [-0.05, 0) is 41.2 Å². The van der Waals surface area contributed by atoms with Crippen LogP contribution in [0.15, 0.2) is 41.4 Å². The van der Waals surface area contributed by atoms with Gasteiger partial charge in [0.05, 0.1) is 6.54 Å². The van der Waals surface area contributed by atoms with Gasteiger partial charge in [0.25, 0.3) is 0 Å². The van der Waals surface area contributed by atoms with E-state index in [4.69, 9.17) is 0 Å². The maximum absolute atomic E-state index is 4.41. The van der Waals surface area contributed by atoms with Gasteiger partial charge in [-0.2, -0.15) is 0 Å². The normalized spacial score (nSPS) is 22.6. The van der Waals surface area contributed by atoms with E-state index in [1.807, 2.05) is 6.21 Å². The van der Waals surface area contributed by atoms with E-state index in [1.54, 1.807) is 0 Å². The van der Waals surface area contributed by atoms with E-state index in [0.717, 1.165) is 6.54 Å². The lowest BCUT2D eigenvalue weighted by atomic mass is 9.80. The van der Waals surface area contributed by atoms with Gasteiger partial charge in [-0.1, -0.05) is 30.4 Å². The van der Waals surface area contributed by atoms with Crippen LogP contribution in [0.1, 0.15) is 29.5 Å². The lowest BCUT2D eigenvalue weighted by Gasteiger charge is -2.23. The molecular formula is C15H13N. The predicted octanol–water partition coefficient (Wildman–Crippen LogP) is 3.26. The fourth-order valence-electron chi connectivity index (χ4n) is 2.90. The molecule has 78 valence electrons. The first-order valence-corrected chi connectivity index (χ1v) is 5.91. The van der Waals surface area contributed by atoms with Gasteiger partial charge in [-0.3, -0.25) is 4.99 Å². The standard InChI is InChI=1S/C15H13N/c1-2-12-10-16-9-5-11-4-6-15(7-8-15)13(3-1)14(11)12/h1-6,9H,7-8,10H2. The van der Waals surface area contributed by atoms with E-state index in [9.17, 15) is 0 Å². The molecule has 1 saturated carbocycles. The SMILES string of the molecule is C1=CC2(CC2)c2cccc3c2C1=CC=NC3. The Morgan fingerprint density at radius 1 is 1.19 bits per heavy atom. The van der Waals surface area contributed by atoms with Crippen molar-refractivity contribution in [2.75, 3.05) is 0 Å². The average molecular weight is 207 g/mol. The summed E-state index contributed by atoms with van der Waals surface area (Å²) >= 11 is 0. The number of allylic oxidation sites excluding steroid dienone is 4. The van der Waals surface area contributed by atoms with Crippen LogP contribution in [0.2, 0.25) is 0 Å². The summed E-state index contributed by atoms with van der Waals surface area (Å²) in [7, 11) is 0. The topological polar surface area (TPSA) is 12.4 Å². The molecule has 1 heterocycles. The van der Waals surface area contributed by atoms with Gasteiger partial charge in [0.1, 0.15) is 0 Å². The summed E-state index contributed by atoms with van der Waals surface area (Å²) in [6.45, 7) is 0.826. The van der Waals surface area contributed by atoms with Crippen LogP contribution in [0.25, 0.3) is 5.57 Å². The third-order valence-corrected chi connectivity index (χ3v) is 3.97. The zero-order valence-corrected chi connectivity index (χ0v) is 9.11. The molecule has 0 unspecified atom stereocenters. The largest absolute Gasteiger partial charge is 0.288 e. The first kappa shape index (κ1) is 8.51. The molecule has 2 aliphatic carbocycles. The van der Waals surface area contributed by atoms with Crippen molar-refractivity contribution in [1.82, 2.24) is 0 Å². The Balaban J connectivity index is 2.07. The van der Waals surface area contributed by atoms with Gasteiger partial charge < -0.3 is 0 Å². The molecule has 0 bridgehead atoms. The third-order valence-electron chi connectivity index (χ3n) is 3.97. The minimum atomic E-state index is 0.382. The van der Waals surface area contributed by atoms with Crippen molar-refractivity contribution in [3.8, 4) is 0 Å². The Hall–Kier alpha value is -1.63. The Labute approximate surface area is 95.2 Å². The maximum atomic E-state index is 4.41. The van der Waals surface area contributed by atoms with Crippen molar-refractivity contribution in [2.24, 2.45) is 4.99 Å². The maximum Gasteiger partial charge on any atom is 0.0645 e. The summed E-state index contributed by atoms with van der Waals surface area (Å²) in [5.41, 5.74) is 6.09. The molecule has 0 atom stereocenters. The molecule has 0 N–H and O–H groups in total. The molecule has 1 fully saturated rings. The fourth-order valence-corrected chi connectivity index (χ4v) is 2.90. The van der Waals surface area contributed by atoms with Gasteiger partial charge in [-0.25, -0.2) is 0 Å². The van der Waals surface area contributed by atoms with Crippen molar-refractivity contribution in [3.05, 3.63) is 53.1 Å². The first-order chi connectivity index (χ1) is 7.89. The summed E-state index contributed by atoms with van der Waals surface area (Å²) < 4.78 is 0. The summed E-state index contributed by atoms with van der Waals surface area (Å²) in [6, 6.07) is 6.70. The number of benzene rings is 1. The number of hydrogen-bond donors (Lipinski definition) is 0. The predicted molar refractivity (Wildman–Crippen MR) is 66.7 cm³/mol. The number of hydrogen-bond acceptors (Lipinski definition) is 1. The highest BCUT2D eigenvalue weighted by atomic mass is 14.7. The molecule has 16 heavy (non-hydrogen) atoms. The molecule has 1 aromatic rings. The summed E-state index contributed by atoms with van der Waals surface area (Å²) in [4.78, 5) is 4.41. The van der Waals surface area contributed by atoms with Crippen LogP contribution >= 0.6 is 0 Å². The van der Waals surface area contributed by atoms with Gasteiger partial charge in [0.15, 0.2) is 0 Å². The van der Waals surface area contributed by atoms with Crippen LogP contribution in [0.5, 0.6) is 0 Å². The fraction of sp³-hybridized carbons (Fsp3) is 0.267.